The number of thiophene rings is 2. The van der Waals surface area contributed by atoms with Crippen LogP contribution in [-0.2, 0) is 19.5 Å². The molecule has 4 aromatic rings. The lowest BCUT2D eigenvalue weighted by Crippen LogP contribution is -2.40. The molecular formula is C19H14F2N2O2S2. The molecule has 0 aliphatic rings. The minimum atomic E-state index is -0.965. The van der Waals surface area contributed by atoms with Gasteiger partial charge in [-0.15, -0.1) is 22.7 Å². The maximum Gasteiger partial charge on any atom is 0.331 e. The van der Waals surface area contributed by atoms with Gasteiger partial charge >= 0.3 is 5.69 Å². The van der Waals surface area contributed by atoms with Crippen molar-refractivity contribution in [3.63, 3.8) is 0 Å². The number of fused-ring (bicyclic) bond motifs is 1. The van der Waals surface area contributed by atoms with Gasteiger partial charge in [0.25, 0.3) is 5.56 Å². The lowest BCUT2D eigenvalue weighted by atomic mass is 10.2. The standard InChI is InChI=1S/C19H14F2N2O2S2/c20-14-4-3-12(10-15(14)21)11-23-16-6-9-27-17(16)18(24)22(19(23)25)7-5-13-2-1-8-26-13/h1-4,6,8-10H,5,7,11H2. The lowest BCUT2D eigenvalue weighted by molar-refractivity contribution is 0.506. The van der Waals surface area contributed by atoms with E-state index < -0.39 is 17.3 Å². The number of rotatable bonds is 5. The Kier molecular flexibility index (Phi) is 4.75. The van der Waals surface area contributed by atoms with Crippen molar-refractivity contribution in [3.05, 3.63) is 90.1 Å². The van der Waals surface area contributed by atoms with Gasteiger partial charge in [0, 0.05) is 11.4 Å². The zero-order chi connectivity index (χ0) is 19.0. The Morgan fingerprint density at radius 1 is 0.926 bits per heavy atom. The summed E-state index contributed by atoms with van der Waals surface area (Å²) in [4.78, 5) is 26.8. The summed E-state index contributed by atoms with van der Waals surface area (Å²) in [5.74, 6) is -1.90. The summed E-state index contributed by atoms with van der Waals surface area (Å²) in [6, 6.07) is 9.12. The average Bonchev–Trinajstić information content (AvgIpc) is 3.33. The van der Waals surface area contributed by atoms with Crippen LogP contribution in [0.25, 0.3) is 10.2 Å². The van der Waals surface area contributed by atoms with E-state index >= 15 is 0 Å². The zero-order valence-electron chi connectivity index (χ0n) is 14.0. The van der Waals surface area contributed by atoms with Gasteiger partial charge in [0.2, 0.25) is 0 Å². The van der Waals surface area contributed by atoms with Gasteiger partial charge in [0.15, 0.2) is 11.6 Å². The summed E-state index contributed by atoms with van der Waals surface area (Å²) in [5, 5.41) is 3.69. The molecule has 4 nitrogen and oxygen atoms in total. The second-order valence-electron chi connectivity index (χ2n) is 6.04. The molecule has 0 saturated heterocycles. The molecule has 0 N–H and O–H groups in total. The highest BCUT2D eigenvalue weighted by atomic mass is 32.1. The van der Waals surface area contributed by atoms with Crippen LogP contribution in [0.2, 0.25) is 0 Å². The first-order chi connectivity index (χ1) is 13.0. The van der Waals surface area contributed by atoms with E-state index in [1.807, 2.05) is 17.5 Å². The Bertz CT molecular complexity index is 1220. The molecular weight excluding hydrogens is 390 g/mol. The fourth-order valence-electron chi connectivity index (χ4n) is 2.98. The first-order valence-electron chi connectivity index (χ1n) is 8.22. The smallest absolute Gasteiger partial charge is 0.288 e. The van der Waals surface area contributed by atoms with Gasteiger partial charge in [-0.05, 0) is 47.0 Å². The fourth-order valence-corrected chi connectivity index (χ4v) is 4.52. The van der Waals surface area contributed by atoms with Crippen LogP contribution in [0.15, 0.2) is 56.7 Å². The molecule has 0 amide bonds. The fraction of sp³-hybridized carbons (Fsp3) is 0.158. The third-order valence-electron chi connectivity index (χ3n) is 4.32. The summed E-state index contributed by atoms with van der Waals surface area (Å²) in [6.07, 6.45) is 0.578. The Morgan fingerprint density at radius 2 is 1.78 bits per heavy atom. The molecule has 27 heavy (non-hydrogen) atoms. The summed E-state index contributed by atoms with van der Waals surface area (Å²) in [5.41, 5.74) is 0.189. The molecule has 0 spiro atoms. The van der Waals surface area contributed by atoms with Crippen molar-refractivity contribution in [2.75, 3.05) is 0 Å². The average molecular weight is 404 g/mol. The maximum atomic E-state index is 13.5. The van der Waals surface area contributed by atoms with Crippen LogP contribution in [0.4, 0.5) is 8.78 Å². The van der Waals surface area contributed by atoms with E-state index in [0.29, 0.717) is 22.2 Å². The van der Waals surface area contributed by atoms with Crippen molar-refractivity contribution >= 4 is 32.9 Å². The number of hydrogen-bond acceptors (Lipinski definition) is 4. The van der Waals surface area contributed by atoms with Gasteiger partial charge in [0.1, 0.15) is 4.70 Å². The molecule has 0 aliphatic heterocycles. The highest BCUT2D eigenvalue weighted by molar-refractivity contribution is 7.17. The van der Waals surface area contributed by atoms with Gasteiger partial charge in [-0.1, -0.05) is 12.1 Å². The molecule has 0 aliphatic carbocycles. The number of halogens is 2. The molecule has 8 heteroatoms. The molecule has 3 heterocycles. The molecule has 0 bridgehead atoms. The van der Waals surface area contributed by atoms with Crippen LogP contribution in [0.1, 0.15) is 10.4 Å². The number of hydrogen-bond donors (Lipinski definition) is 0. The van der Waals surface area contributed by atoms with Crippen molar-refractivity contribution in [2.24, 2.45) is 0 Å². The van der Waals surface area contributed by atoms with Crippen molar-refractivity contribution in [2.45, 2.75) is 19.5 Å². The van der Waals surface area contributed by atoms with Gasteiger partial charge in [-0.2, -0.15) is 0 Å². The maximum absolute atomic E-state index is 13.5. The normalized spacial score (nSPS) is 11.3. The quantitative estimate of drug-likeness (QED) is 0.507. The van der Waals surface area contributed by atoms with Gasteiger partial charge < -0.3 is 0 Å². The van der Waals surface area contributed by atoms with Crippen molar-refractivity contribution in [3.8, 4) is 0 Å². The Labute approximate surface area is 160 Å². The monoisotopic (exact) mass is 404 g/mol. The number of aryl methyl sites for hydroxylation is 1. The summed E-state index contributed by atoms with van der Waals surface area (Å²) < 4.78 is 29.9. The van der Waals surface area contributed by atoms with Crippen LogP contribution in [-0.4, -0.2) is 9.13 Å². The minimum Gasteiger partial charge on any atom is -0.288 e. The van der Waals surface area contributed by atoms with E-state index in [1.54, 1.807) is 22.8 Å². The van der Waals surface area contributed by atoms with E-state index in [0.717, 1.165) is 17.0 Å². The second-order valence-corrected chi connectivity index (χ2v) is 7.99. The van der Waals surface area contributed by atoms with E-state index in [-0.39, 0.29) is 18.6 Å². The van der Waals surface area contributed by atoms with Crippen molar-refractivity contribution in [1.82, 2.24) is 9.13 Å². The summed E-state index contributed by atoms with van der Waals surface area (Å²) in [6.45, 7) is 0.326. The molecule has 3 aromatic heterocycles. The topological polar surface area (TPSA) is 44.0 Å². The predicted octanol–water partition coefficient (Wildman–Crippen LogP) is 3.86. The molecule has 0 fully saturated rings. The van der Waals surface area contributed by atoms with E-state index in [2.05, 4.69) is 0 Å². The molecule has 138 valence electrons. The number of benzene rings is 1. The summed E-state index contributed by atoms with van der Waals surface area (Å²) in [7, 11) is 0. The third kappa shape index (κ3) is 3.38. The van der Waals surface area contributed by atoms with E-state index in [9.17, 15) is 18.4 Å². The van der Waals surface area contributed by atoms with E-state index in [1.165, 1.54) is 26.5 Å². The van der Waals surface area contributed by atoms with Gasteiger partial charge in [0.05, 0.1) is 12.1 Å². The van der Waals surface area contributed by atoms with Crippen LogP contribution < -0.4 is 11.2 Å². The highest BCUT2D eigenvalue weighted by Gasteiger charge is 2.15. The molecule has 1 aromatic carbocycles. The third-order valence-corrected chi connectivity index (χ3v) is 6.15. The van der Waals surface area contributed by atoms with Crippen molar-refractivity contribution in [1.29, 1.82) is 0 Å². The van der Waals surface area contributed by atoms with Crippen LogP contribution in [0, 0.1) is 11.6 Å². The largest absolute Gasteiger partial charge is 0.331 e. The Morgan fingerprint density at radius 3 is 2.52 bits per heavy atom. The first-order valence-corrected chi connectivity index (χ1v) is 9.97. The van der Waals surface area contributed by atoms with Crippen LogP contribution >= 0.6 is 22.7 Å². The number of aromatic nitrogens is 2. The Balaban J connectivity index is 1.79. The summed E-state index contributed by atoms with van der Waals surface area (Å²) >= 11 is 2.84. The first kappa shape index (κ1) is 17.8. The molecule has 4 rings (SSSR count). The second kappa shape index (κ2) is 7.21. The minimum absolute atomic E-state index is 0.0581. The highest BCUT2D eigenvalue weighted by Crippen LogP contribution is 2.18. The predicted molar refractivity (Wildman–Crippen MR) is 104 cm³/mol. The molecule has 0 radical (unpaired) electrons. The van der Waals surface area contributed by atoms with Crippen molar-refractivity contribution < 1.29 is 8.78 Å². The lowest BCUT2D eigenvalue weighted by Gasteiger charge is -2.12. The molecule has 0 unspecified atom stereocenters. The van der Waals surface area contributed by atoms with E-state index in [4.69, 9.17) is 0 Å². The zero-order valence-corrected chi connectivity index (χ0v) is 15.7. The van der Waals surface area contributed by atoms with Gasteiger partial charge in [-0.3, -0.25) is 13.9 Å². The molecule has 0 saturated carbocycles. The SMILES string of the molecule is O=c1c2sccc2n(Cc2ccc(F)c(F)c2)c(=O)n1CCc1cccs1. The molecule has 0 atom stereocenters. The Hall–Kier alpha value is -2.58. The van der Waals surface area contributed by atoms with Gasteiger partial charge in [-0.25, -0.2) is 13.6 Å². The number of nitrogens with zero attached hydrogens (tertiary/aromatic N) is 2. The van der Waals surface area contributed by atoms with Crippen LogP contribution in [0.3, 0.4) is 0 Å². The van der Waals surface area contributed by atoms with Crippen LogP contribution in [0.5, 0.6) is 0 Å².